The molecule has 5 nitrogen and oxygen atoms in total. The van der Waals surface area contributed by atoms with E-state index in [0.717, 1.165) is 18.8 Å². The summed E-state index contributed by atoms with van der Waals surface area (Å²) in [6.07, 6.45) is 5.60. The van der Waals surface area contributed by atoms with Crippen LogP contribution in [0.2, 0.25) is 0 Å². The van der Waals surface area contributed by atoms with E-state index in [0.29, 0.717) is 18.7 Å². The van der Waals surface area contributed by atoms with Crippen molar-refractivity contribution in [1.82, 2.24) is 9.62 Å². The van der Waals surface area contributed by atoms with Gasteiger partial charge in [-0.3, -0.25) is 4.79 Å². The van der Waals surface area contributed by atoms with Crippen LogP contribution >= 0.6 is 0 Å². The van der Waals surface area contributed by atoms with Crippen LogP contribution in [0.1, 0.15) is 63.2 Å². The molecule has 2 rings (SSSR count). The number of sulfonamides is 1. The molecule has 1 amide bonds. The van der Waals surface area contributed by atoms with Gasteiger partial charge in [-0.25, -0.2) is 8.42 Å². The normalized spacial score (nSPS) is 21.3. The van der Waals surface area contributed by atoms with Crippen molar-refractivity contribution in [2.24, 2.45) is 5.92 Å². The summed E-state index contributed by atoms with van der Waals surface area (Å²) < 4.78 is 26.4. The van der Waals surface area contributed by atoms with Gasteiger partial charge in [0, 0.05) is 24.7 Å². The van der Waals surface area contributed by atoms with Crippen molar-refractivity contribution < 1.29 is 13.2 Å². The molecule has 25 heavy (non-hydrogen) atoms. The second-order valence-electron chi connectivity index (χ2n) is 6.71. The van der Waals surface area contributed by atoms with Crippen LogP contribution in [0.5, 0.6) is 0 Å². The number of hydrogen-bond donors (Lipinski definition) is 1. The van der Waals surface area contributed by atoms with E-state index in [1.54, 1.807) is 12.1 Å². The van der Waals surface area contributed by atoms with Gasteiger partial charge in [0.2, 0.25) is 10.0 Å². The first-order valence-corrected chi connectivity index (χ1v) is 10.8. The van der Waals surface area contributed by atoms with Crippen LogP contribution in [0.4, 0.5) is 0 Å². The van der Waals surface area contributed by atoms with Gasteiger partial charge in [-0.1, -0.05) is 27.2 Å². The number of hydrogen-bond acceptors (Lipinski definition) is 3. The number of rotatable bonds is 7. The second-order valence-corrected chi connectivity index (χ2v) is 8.65. The fraction of sp³-hybridized carbons (Fsp3) is 0.632. The molecule has 0 saturated heterocycles. The first-order valence-electron chi connectivity index (χ1n) is 9.33. The molecule has 140 valence electrons. The van der Waals surface area contributed by atoms with Gasteiger partial charge in [0.05, 0.1) is 4.90 Å². The molecule has 0 bridgehead atoms. The Morgan fingerprint density at radius 1 is 1.04 bits per heavy atom. The van der Waals surface area contributed by atoms with Crippen LogP contribution in [0.3, 0.4) is 0 Å². The largest absolute Gasteiger partial charge is 0.349 e. The van der Waals surface area contributed by atoms with Crippen molar-refractivity contribution in [1.29, 1.82) is 0 Å². The van der Waals surface area contributed by atoms with Crippen LogP contribution in [-0.4, -0.2) is 37.8 Å². The predicted octanol–water partition coefficient (Wildman–Crippen LogP) is 3.42. The molecule has 1 aliphatic rings. The van der Waals surface area contributed by atoms with Gasteiger partial charge < -0.3 is 5.32 Å². The molecule has 6 heteroatoms. The highest BCUT2D eigenvalue weighted by molar-refractivity contribution is 7.89. The maximum atomic E-state index is 12.5. The Morgan fingerprint density at radius 3 is 2.08 bits per heavy atom. The fourth-order valence-electron chi connectivity index (χ4n) is 3.47. The molecule has 1 saturated carbocycles. The van der Waals surface area contributed by atoms with E-state index in [-0.39, 0.29) is 16.8 Å². The van der Waals surface area contributed by atoms with Gasteiger partial charge >= 0.3 is 0 Å². The Balaban J connectivity index is 2.01. The minimum atomic E-state index is -3.48. The summed E-state index contributed by atoms with van der Waals surface area (Å²) >= 11 is 0. The zero-order chi connectivity index (χ0) is 18.4. The molecular formula is C19H30N2O3S. The third-order valence-electron chi connectivity index (χ3n) is 5.22. The molecule has 0 spiro atoms. The van der Waals surface area contributed by atoms with Gasteiger partial charge in [-0.05, 0) is 55.9 Å². The van der Waals surface area contributed by atoms with Gasteiger partial charge in [0.15, 0.2) is 0 Å². The molecule has 0 aliphatic heterocycles. The zero-order valence-corrected chi connectivity index (χ0v) is 16.3. The lowest BCUT2D eigenvalue weighted by molar-refractivity contribution is 0.0921. The van der Waals surface area contributed by atoms with Crippen molar-refractivity contribution in [2.75, 3.05) is 13.1 Å². The minimum absolute atomic E-state index is 0.119. The monoisotopic (exact) mass is 366 g/mol. The highest BCUT2D eigenvalue weighted by Crippen LogP contribution is 2.26. The van der Waals surface area contributed by atoms with E-state index >= 15 is 0 Å². The maximum absolute atomic E-state index is 12.5. The zero-order valence-electron chi connectivity index (χ0n) is 15.5. The van der Waals surface area contributed by atoms with E-state index in [9.17, 15) is 13.2 Å². The van der Waals surface area contributed by atoms with E-state index in [1.807, 2.05) is 13.8 Å². The Hall–Kier alpha value is -1.40. The quantitative estimate of drug-likeness (QED) is 0.804. The molecule has 0 heterocycles. The SMILES string of the molecule is CCC1CCC(NC(=O)c2ccc(S(=O)(=O)N(CC)CC)cc2)CC1. The molecule has 1 N–H and O–H groups in total. The Labute approximate surface area is 151 Å². The summed E-state index contributed by atoms with van der Waals surface area (Å²) in [5.41, 5.74) is 0.510. The van der Waals surface area contributed by atoms with Crippen LogP contribution in [0, 0.1) is 5.92 Å². The maximum Gasteiger partial charge on any atom is 0.251 e. The fourth-order valence-corrected chi connectivity index (χ4v) is 4.93. The van der Waals surface area contributed by atoms with Crippen molar-refractivity contribution in [3.63, 3.8) is 0 Å². The summed E-state index contributed by atoms with van der Waals surface area (Å²) in [5.74, 6) is 0.671. The highest BCUT2D eigenvalue weighted by atomic mass is 32.2. The predicted molar refractivity (Wildman–Crippen MR) is 100 cm³/mol. The summed E-state index contributed by atoms with van der Waals surface area (Å²) in [7, 11) is -3.48. The first kappa shape index (κ1) is 19.9. The molecule has 1 aromatic carbocycles. The lowest BCUT2D eigenvalue weighted by atomic mass is 9.84. The van der Waals surface area contributed by atoms with Gasteiger partial charge in [-0.15, -0.1) is 0 Å². The first-order chi connectivity index (χ1) is 11.9. The van der Waals surface area contributed by atoms with Crippen molar-refractivity contribution >= 4 is 15.9 Å². The van der Waals surface area contributed by atoms with E-state index in [2.05, 4.69) is 12.2 Å². The van der Waals surface area contributed by atoms with Gasteiger partial charge in [0.25, 0.3) is 5.91 Å². The molecular weight excluding hydrogens is 336 g/mol. The van der Waals surface area contributed by atoms with Gasteiger partial charge in [-0.2, -0.15) is 4.31 Å². The molecule has 1 aromatic rings. The van der Waals surface area contributed by atoms with E-state index < -0.39 is 10.0 Å². The number of amides is 1. The topological polar surface area (TPSA) is 66.5 Å². The Kier molecular flexibility index (Phi) is 7.02. The van der Waals surface area contributed by atoms with E-state index in [1.165, 1.54) is 35.7 Å². The van der Waals surface area contributed by atoms with Crippen LogP contribution < -0.4 is 5.32 Å². The number of carbonyl (C=O) groups is 1. The van der Waals surface area contributed by atoms with Crippen molar-refractivity contribution in [3.05, 3.63) is 29.8 Å². The third-order valence-corrected chi connectivity index (χ3v) is 7.28. The molecule has 0 atom stereocenters. The van der Waals surface area contributed by atoms with E-state index in [4.69, 9.17) is 0 Å². The highest BCUT2D eigenvalue weighted by Gasteiger charge is 2.23. The summed E-state index contributed by atoms with van der Waals surface area (Å²) in [5, 5.41) is 3.08. The molecule has 1 fully saturated rings. The standard InChI is InChI=1S/C19H30N2O3S/c1-4-15-7-11-17(12-8-15)20-19(22)16-9-13-18(14-10-16)25(23,24)21(5-2)6-3/h9-10,13-15,17H,4-8,11-12H2,1-3H3,(H,20,22). The lowest BCUT2D eigenvalue weighted by Gasteiger charge is -2.28. The Morgan fingerprint density at radius 2 is 1.60 bits per heavy atom. The molecule has 0 unspecified atom stereocenters. The minimum Gasteiger partial charge on any atom is -0.349 e. The average Bonchev–Trinajstić information content (AvgIpc) is 2.63. The lowest BCUT2D eigenvalue weighted by Crippen LogP contribution is -2.37. The number of benzene rings is 1. The smallest absolute Gasteiger partial charge is 0.251 e. The average molecular weight is 367 g/mol. The van der Waals surface area contributed by atoms with Crippen LogP contribution in [-0.2, 0) is 10.0 Å². The molecule has 0 radical (unpaired) electrons. The number of carbonyl (C=O) groups excluding carboxylic acids is 1. The molecule has 0 aromatic heterocycles. The van der Waals surface area contributed by atoms with Crippen LogP contribution in [0.15, 0.2) is 29.2 Å². The van der Waals surface area contributed by atoms with Crippen molar-refractivity contribution in [3.8, 4) is 0 Å². The number of nitrogens with one attached hydrogen (secondary N) is 1. The summed E-state index contributed by atoms with van der Waals surface area (Å²) in [6.45, 7) is 6.71. The summed E-state index contributed by atoms with van der Waals surface area (Å²) in [6, 6.07) is 6.48. The second kappa shape index (κ2) is 8.81. The number of nitrogens with zero attached hydrogens (tertiary/aromatic N) is 1. The molecule has 1 aliphatic carbocycles. The Bertz CT molecular complexity index is 658. The van der Waals surface area contributed by atoms with Gasteiger partial charge in [0.1, 0.15) is 0 Å². The third kappa shape index (κ3) is 4.82. The van der Waals surface area contributed by atoms with Crippen molar-refractivity contribution in [2.45, 2.75) is 63.8 Å². The van der Waals surface area contributed by atoms with Crippen LogP contribution in [0.25, 0.3) is 0 Å². The summed E-state index contributed by atoms with van der Waals surface area (Å²) in [4.78, 5) is 12.6.